The number of hydrogen-bond acceptors (Lipinski definition) is 4. The fourth-order valence-electron chi connectivity index (χ4n) is 2.61. The lowest BCUT2D eigenvalue weighted by atomic mass is 10.2. The van der Waals surface area contributed by atoms with Crippen LogP contribution in [0.4, 0.5) is 0 Å². The standard InChI is InChI=1S/C16H25N3O2/c1-18(12-14-6-3-4-7-15(14)21-2)13-16(20)19-10-5-8-17-9-11-19/h3-4,6-7,17H,5,8-13H2,1-2H3. The third-order valence-corrected chi connectivity index (χ3v) is 3.73. The smallest absolute Gasteiger partial charge is 0.236 e. The Morgan fingerprint density at radius 3 is 2.95 bits per heavy atom. The molecule has 2 rings (SSSR count). The normalized spacial score (nSPS) is 15.9. The molecule has 5 heteroatoms. The Labute approximate surface area is 126 Å². The maximum atomic E-state index is 12.3. The predicted molar refractivity (Wildman–Crippen MR) is 83.4 cm³/mol. The summed E-state index contributed by atoms with van der Waals surface area (Å²) in [5.41, 5.74) is 1.10. The maximum Gasteiger partial charge on any atom is 0.236 e. The highest BCUT2D eigenvalue weighted by Crippen LogP contribution is 2.18. The van der Waals surface area contributed by atoms with E-state index in [1.807, 2.05) is 41.1 Å². The van der Waals surface area contributed by atoms with Gasteiger partial charge in [-0.05, 0) is 26.1 Å². The van der Waals surface area contributed by atoms with E-state index in [4.69, 9.17) is 4.74 Å². The molecule has 1 N–H and O–H groups in total. The van der Waals surface area contributed by atoms with Crippen molar-refractivity contribution in [3.05, 3.63) is 29.8 Å². The van der Waals surface area contributed by atoms with Crippen LogP contribution >= 0.6 is 0 Å². The second kappa shape index (κ2) is 8.00. The van der Waals surface area contributed by atoms with Crippen LogP contribution in [0.15, 0.2) is 24.3 Å². The molecule has 1 saturated heterocycles. The van der Waals surface area contributed by atoms with Gasteiger partial charge in [-0.3, -0.25) is 9.69 Å². The molecule has 5 nitrogen and oxygen atoms in total. The number of carbonyl (C=O) groups is 1. The molecular weight excluding hydrogens is 266 g/mol. The number of nitrogens with one attached hydrogen (secondary N) is 1. The molecule has 1 fully saturated rings. The van der Waals surface area contributed by atoms with Gasteiger partial charge in [0.1, 0.15) is 5.75 Å². The van der Waals surface area contributed by atoms with Gasteiger partial charge < -0.3 is 15.0 Å². The van der Waals surface area contributed by atoms with Crippen LogP contribution < -0.4 is 10.1 Å². The van der Waals surface area contributed by atoms with Crippen LogP contribution in [0.1, 0.15) is 12.0 Å². The van der Waals surface area contributed by atoms with Crippen molar-refractivity contribution in [3.63, 3.8) is 0 Å². The number of ether oxygens (including phenoxy) is 1. The molecule has 0 radical (unpaired) electrons. The van der Waals surface area contributed by atoms with Crippen LogP contribution in [0, 0.1) is 0 Å². The van der Waals surface area contributed by atoms with E-state index >= 15 is 0 Å². The van der Waals surface area contributed by atoms with E-state index in [0.29, 0.717) is 13.1 Å². The van der Waals surface area contributed by atoms with Gasteiger partial charge >= 0.3 is 0 Å². The Morgan fingerprint density at radius 2 is 2.14 bits per heavy atom. The van der Waals surface area contributed by atoms with Crippen molar-refractivity contribution >= 4 is 5.91 Å². The summed E-state index contributed by atoms with van der Waals surface area (Å²) in [6, 6.07) is 7.94. The number of nitrogens with zero attached hydrogens (tertiary/aromatic N) is 2. The van der Waals surface area contributed by atoms with Crippen molar-refractivity contribution in [3.8, 4) is 5.75 Å². The first-order valence-electron chi connectivity index (χ1n) is 7.49. The summed E-state index contributed by atoms with van der Waals surface area (Å²) >= 11 is 0. The Kier molecular flexibility index (Phi) is 6.02. The zero-order valence-electron chi connectivity index (χ0n) is 13.0. The Morgan fingerprint density at radius 1 is 1.33 bits per heavy atom. The van der Waals surface area contributed by atoms with Crippen LogP contribution in [0.25, 0.3) is 0 Å². The number of likely N-dealkylation sites (N-methyl/N-ethyl adjacent to an activating group) is 1. The fourth-order valence-corrected chi connectivity index (χ4v) is 2.61. The van der Waals surface area contributed by atoms with Crippen molar-refractivity contribution in [2.24, 2.45) is 0 Å². The lowest BCUT2D eigenvalue weighted by molar-refractivity contribution is -0.132. The van der Waals surface area contributed by atoms with Gasteiger partial charge in [-0.1, -0.05) is 18.2 Å². The molecule has 0 bridgehead atoms. The van der Waals surface area contributed by atoms with Gasteiger partial charge in [0.25, 0.3) is 0 Å². The maximum absolute atomic E-state index is 12.3. The second-order valence-electron chi connectivity index (χ2n) is 5.47. The van der Waals surface area contributed by atoms with Crippen LogP contribution in [-0.2, 0) is 11.3 Å². The highest BCUT2D eigenvalue weighted by atomic mass is 16.5. The SMILES string of the molecule is COc1ccccc1CN(C)CC(=O)N1CCCNCC1. The molecule has 1 aromatic rings. The average Bonchev–Trinajstić information content (AvgIpc) is 2.76. The van der Waals surface area contributed by atoms with Gasteiger partial charge in [-0.25, -0.2) is 0 Å². The Balaban J connectivity index is 1.88. The van der Waals surface area contributed by atoms with E-state index in [0.717, 1.165) is 43.9 Å². The molecule has 1 amide bonds. The number of methoxy groups -OCH3 is 1. The number of hydrogen-bond donors (Lipinski definition) is 1. The van der Waals surface area contributed by atoms with E-state index in [1.165, 1.54) is 0 Å². The zero-order chi connectivity index (χ0) is 15.1. The fraction of sp³-hybridized carbons (Fsp3) is 0.562. The summed E-state index contributed by atoms with van der Waals surface area (Å²) in [4.78, 5) is 16.3. The Bertz CT molecular complexity index is 457. The molecule has 0 spiro atoms. The van der Waals surface area contributed by atoms with E-state index in [-0.39, 0.29) is 5.91 Å². The molecule has 1 aliphatic rings. The molecule has 0 atom stereocenters. The van der Waals surface area contributed by atoms with Gasteiger partial charge in [0.15, 0.2) is 0 Å². The van der Waals surface area contributed by atoms with Crippen LogP contribution in [-0.4, -0.2) is 62.6 Å². The van der Waals surface area contributed by atoms with Crippen molar-refractivity contribution in [2.45, 2.75) is 13.0 Å². The lowest BCUT2D eigenvalue weighted by Crippen LogP contribution is -2.40. The average molecular weight is 291 g/mol. The summed E-state index contributed by atoms with van der Waals surface area (Å²) < 4.78 is 5.35. The van der Waals surface area contributed by atoms with Crippen molar-refractivity contribution in [1.82, 2.24) is 15.1 Å². The summed E-state index contributed by atoms with van der Waals surface area (Å²) in [6.07, 6.45) is 1.03. The molecule has 21 heavy (non-hydrogen) atoms. The van der Waals surface area contributed by atoms with Gasteiger partial charge in [0, 0.05) is 31.7 Å². The first-order valence-corrected chi connectivity index (χ1v) is 7.49. The third kappa shape index (κ3) is 4.72. The number of carbonyl (C=O) groups excluding carboxylic acids is 1. The molecule has 1 aromatic carbocycles. The predicted octanol–water partition coefficient (Wildman–Crippen LogP) is 0.949. The molecule has 116 valence electrons. The number of para-hydroxylation sites is 1. The van der Waals surface area contributed by atoms with Gasteiger partial charge in [0.2, 0.25) is 5.91 Å². The number of amides is 1. The summed E-state index contributed by atoms with van der Waals surface area (Å²) in [6.45, 7) is 4.71. The van der Waals surface area contributed by atoms with E-state index in [2.05, 4.69) is 5.32 Å². The molecule has 0 saturated carbocycles. The largest absolute Gasteiger partial charge is 0.496 e. The first kappa shape index (κ1) is 15.8. The molecule has 0 unspecified atom stereocenters. The second-order valence-corrected chi connectivity index (χ2v) is 5.47. The minimum absolute atomic E-state index is 0.205. The number of benzene rings is 1. The highest BCUT2D eigenvalue weighted by molar-refractivity contribution is 5.78. The summed E-state index contributed by atoms with van der Waals surface area (Å²) in [7, 11) is 3.65. The third-order valence-electron chi connectivity index (χ3n) is 3.73. The van der Waals surface area contributed by atoms with Gasteiger partial charge in [0.05, 0.1) is 13.7 Å². The van der Waals surface area contributed by atoms with Gasteiger partial charge in [-0.2, -0.15) is 0 Å². The molecule has 0 aromatic heterocycles. The quantitative estimate of drug-likeness (QED) is 0.877. The van der Waals surface area contributed by atoms with Gasteiger partial charge in [-0.15, -0.1) is 0 Å². The molecule has 0 aliphatic carbocycles. The van der Waals surface area contributed by atoms with Crippen LogP contribution in [0.5, 0.6) is 5.75 Å². The van der Waals surface area contributed by atoms with Crippen LogP contribution in [0.3, 0.4) is 0 Å². The first-order chi connectivity index (χ1) is 10.2. The van der Waals surface area contributed by atoms with E-state index < -0.39 is 0 Å². The van der Waals surface area contributed by atoms with E-state index in [1.54, 1.807) is 7.11 Å². The summed E-state index contributed by atoms with van der Waals surface area (Å²) in [5, 5.41) is 3.32. The lowest BCUT2D eigenvalue weighted by Gasteiger charge is -2.24. The topological polar surface area (TPSA) is 44.8 Å². The molecule has 1 heterocycles. The van der Waals surface area contributed by atoms with Crippen molar-refractivity contribution in [2.75, 3.05) is 46.9 Å². The Hall–Kier alpha value is -1.59. The van der Waals surface area contributed by atoms with Crippen molar-refractivity contribution in [1.29, 1.82) is 0 Å². The molecule has 1 aliphatic heterocycles. The summed E-state index contributed by atoms with van der Waals surface area (Å²) in [5.74, 6) is 1.08. The minimum atomic E-state index is 0.205. The molecular formula is C16H25N3O2. The van der Waals surface area contributed by atoms with E-state index in [9.17, 15) is 4.79 Å². The van der Waals surface area contributed by atoms with Crippen molar-refractivity contribution < 1.29 is 9.53 Å². The monoisotopic (exact) mass is 291 g/mol. The van der Waals surface area contributed by atoms with Crippen LogP contribution in [0.2, 0.25) is 0 Å². The number of rotatable bonds is 5. The minimum Gasteiger partial charge on any atom is -0.496 e. The zero-order valence-corrected chi connectivity index (χ0v) is 13.0. The highest BCUT2D eigenvalue weighted by Gasteiger charge is 2.17.